The number of aromatic nitrogens is 1. The number of rotatable bonds is 2. The fourth-order valence-electron chi connectivity index (χ4n) is 3.03. The molecule has 2 aliphatic rings. The fourth-order valence-corrected chi connectivity index (χ4v) is 3.03. The lowest BCUT2D eigenvalue weighted by atomic mass is 10.1. The van der Waals surface area contributed by atoms with Gasteiger partial charge in [-0.15, -0.1) is 0 Å². The molecule has 2 atom stereocenters. The van der Waals surface area contributed by atoms with Crippen molar-refractivity contribution < 1.29 is 4.79 Å². The fraction of sp³-hybridized carbons (Fsp3) is 0.538. The smallest absolute Gasteiger partial charge is 0.270 e. The molecule has 0 bridgehead atoms. The van der Waals surface area contributed by atoms with Crippen molar-refractivity contribution in [3.8, 4) is 0 Å². The predicted octanol–water partition coefficient (Wildman–Crippen LogP) is 0.630. The Morgan fingerprint density at radius 3 is 3.06 bits per heavy atom. The molecule has 5 heteroatoms. The van der Waals surface area contributed by atoms with Crippen LogP contribution in [0.1, 0.15) is 29.8 Å². The number of anilines is 1. The zero-order valence-corrected chi connectivity index (χ0v) is 10.3. The second-order valence-corrected chi connectivity index (χ2v) is 5.09. The summed E-state index contributed by atoms with van der Waals surface area (Å²) in [6, 6.07) is 4.19. The molecule has 96 valence electrons. The van der Waals surface area contributed by atoms with E-state index >= 15 is 0 Å². The number of pyridine rings is 1. The molecule has 2 unspecified atom stereocenters. The Morgan fingerprint density at radius 1 is 1.39 bits per heavy atom. The summed E-state index contributed by atoms with van der Waals surface area (Å²) >= 11 is 0. The topological polar surface area (TPSA) is 71.2 Å². The van der Waals surface area contributed by atoms with Crippen LogP contribution in [-0.2, 0) is 0 Å². The van der Waals surface area contributed by atoms with Crippen LogP contribution in [0, 0.1) is 0 Å². The highest BCUT2D eigenvalue weighted by atomic mass is 16.2. The van der Waals surface area contributed by atoms with E-state index in [4.69, 9.17) is 5.73 Å². The number of nitrogens with one attached hydrogen (secondary N) is 1. The van der Waals surface area contributed by atoms with E-state index in [0.29, 0.717) is 17.4 Å². The van der Waals surface area contributed by atoms with Crippen LogP contribution in [-0.4, -0.2) is 41.0 Å². The van der Waals surface area contributed by atoms with Gasteiger partial charge < -0.3 is 11.1 Å². The van der Waals surface area contributed by atoms with E-state index in [-0.39, 0.29) is 11.9 Å². The summed E-state index contributed by atoms with van der Waals surface area (Å²) in [6.07, 6.45) is 5.01. The minimum Gasteiger partial charge on any atom is -0.397 e. The number of hydrogen-bond acceptors (Lipinski definition) is 4. The lowest BCUT2D eigenvalue weighted by Crippen LogP contribution is -2.42. The van der Waals surface area contributed by atoms with E-state index in [2.05, 4.69) is 15.2 Å². The Labute approximate surface area is 106 Å². The number of carbonyl (C=O) groups is 1. The Morgan fingerprint density at radius 2 is 2.28 bits per heavy atom. The molecule has 1 amide bonds. The van der Waals surface area contributed by atoms with Gasteiger partial charge in [0.15, 0.2) is 0 Å². The molecule has 18 heavy (non-hydrogen) atoms. The normalized spacial score (nSPS) is 27.1. The third-order valence-corrected chi connectivity index (χ3v) is 3.94. The number of nitrogens with two attached hydrogens (primary N) is 1. The molecule has 0 saturated carbocycles. The first kappa shape index (κ1) is 11.5. The molecule has 1 aromatic heterocycles. The van der Waals surface area contributed by atoms with Crippen molar-refractivity contribution in [2.24, 2.45) is 0 Å². The molecule has 1 aromatic rings. The highest BCUT2D eigenvalue weighted by Gasteiger charge is 2.37. The van der Waals surface area contributed by atoms with E-state index in [1.807, 2.05) is 0 Å². The summed E-state index contributed by atoms with van der Waals surface area (Å²) in [5, 5.41) is 3.10. The van der Waals surface area contributed by atoms with Crippen molar-refractivity contribution in [2.75, 3.05) is 18.8 Å². The number of hydrogen-bond donors (Lipinski definition) is 2. The van der Waals surface area contributed by atoms with E-state index in [9.17, 15) is 4.79 Å². The minimum atomic E-state index is -0.0891. The van der Waals surface area contributed by atoms with Crippen LogP contribution in [0.5, 0.6) is 0 Å². The molecule has 0 aliphatic carbocycles. The molecule has 2 saturated heterocycles. The zero-order valence-electron chi connectivity index (χ0n) is 10.3. The molecule has 0 radical (unpaired) electrons. The Kier molecular flexibility index (Phi) is 2.91. The van der Waals surface area contributed by atoms with E-state index < -0.39 is 0 Å². The molecule has 3 rings (SSSR count). The van der Waals surface area contributed by atoms with Crippen LogP contribution in [0.15, 0.2) is 18.3 Å². The van der Waals surface area contributed by atoms with Crippen LogP contribution in [0.25, 0.3) is 0 Å². The molecule has 3 heterocycles. The van der Waals surface area contributed by atoms with Crippen molar-refractivity contribution in [2.45, 2.75) is 31.3 Å². The maximum absolute atomic E-state index is 12.1. The van der Waals surface area contributed by atoms with Crippen molar-refractivity contribution in [1.82, 2.24) is 15.2 Å². The minimum absolute atomic E-state index is 0.0891. The molecular formula is C13H18N4O. The number of nitrogen functional groups attached to an aromatic ring is 1. The van der Waals surface area contributed by atoms with Crippen LogP contribution >= 0.6 is 0 Å². The summed E-state index contributed by atoms with van der Waals surface area (Å²) in [5.74, 6) is -0.0891. The van der Waals surface area contributed by atoms with Gasteiger partial charge in [0.2, 0.25) is 0 Å². The predicted molar refractivity (Wildman–Crippen MR) is 69.1 cm³/mol. The first-order valence-corrected chi connectivity index (χ1v) is 6.50. The maximum atomic E-state index is 12.1. The van der Waals surface area contributed by atoms with Crippen LogP contribution in [0.3, 0.4) is 0 Å². The Balaban J connectivity index is 1.66. The number of amides is 1. The average Bonchev–Trinajstić information content (AvgIpc) is 2.95. The first-order chi connectivity index (χ1) is 8.74. The Bertz CT molecular complexity index is 445. The van der Waals surface area contributed by atoms with Gasteiger partial charge in [0.25, 0.3) is 5.91 Å². The summed E-state index contributed by atoms with van der Waals surface area (Å²) < 4.78 is 0. The van der Waals surface area contributed by atoms with E-state index in [1.165, 1.54) is 25.6 Å². The van der Waals surface area contributed by atoms with Gasteiger partial charge >= 0.3 is 0 Å². The SMILES string of the molecule is Nc1ccc(C(=O)NC2CCN3CCCC23)nc1. The van der Waals surface area contributed by atoms with Gasteiger partial charge in [-0.25, -0.2) is 4.98 Å². The van der Waals surface area contributed by atoms with Gasteiger partial charge in [0.05, 0.1) is 11.9 Å². The molecule has 2 fully saturated rings. The molecular weight excluding hydrogens is 228 g/mol. The van der Waals surface area contributed by atoms with Gasteiger partial charge in [-0.2, -0.15) is 0 Å². The van der Waals surface area contributed by atoms with Crippen molar-refractivity contribution in [3.63, 3.8) is 0 Å². The van der Waals surface area contributed by atoms with Crippen molar-refractivity contribution in [3.05, 3.63) is 24.0 Å². The van der Waals surface area contributed by atoms with Gasteiger partial charge in [-0.1, -0.05) is 0 Å². The van der Waals surface area contributed by atoms with Gasteiger partial charge in [-0.3, -0.25) is 9.69 Å². The van der Waals surface area contributed by atoms with Gasteiger partial charge in [0.1, 0.15) is 5.69 Å². The molecule has 2 aliphatic heterocycles. The monoisotopic (exact) mass is 246 g/mol. The zero-order chi connectivity index (χ0) is 12.5. The van der Waals surface area contributed by atoms with Crippen LogP contribution in [0.4, 0.5) is 5.69 Å². The highest BCUT2D eigenvalue weighted by molar-refractivity contribution is 5.92. The quantitative estimate of drug-likeness (QED) is 0.803. The lowest BCUT2D eigenvalue weighted by Gasteiger charge is -2.21. The molecule has 5 nitrogen and oxygen atoms in total. The highest BCUT2D eigenvalue weighted by Crippen LogP contribution is 2.27. The third kappa shape index (κ3) is 2.06. The van der Waals surface area contributed by atoms with Crippen molar-refractivity contribution >= 4 is 11.6 Å². The average molecular weight is 246 g/mol. The summed E-state index contributed by atoms with van der Waals surface area (Å²) in [6.45, 7) is 2.28. The number of carbonyl (C=O) groups excluding carboxylic acids is 1. The van der Waals surface area contributed by atoms with Crippen LogP contribution in [0.2, 0.25) is 0 Å². The lowest BCUT2D eigenvalue weighted by molar-refractivity contribution is 0.0924. The summed E-state index contributed by atoms with van der Waals surface area (Å²) in [7, 11) is 0. The molecule has 0 spiro atoms. The number of nitrogens with zero attached hydrogens (tertiary/aromatic N) is 2. The number of fused-ring (bicyclic) bond motifs is 1. The third-order valence-electron chi connectivity index (χ3n) is 3.94. The van der Waals surface area contributed by atoms with E-state index in [1.54, 1.807) is 12.1 Å². The van der Waals surface area contributed by atoms with Crippen LogP contribution < -0.4 is 11.1 Å². The molecule has 3 N–H and O–H groups in total. The second kappa shape index (κ2) is 4.57. The second-order valence-electron chi connectivity index (χ2n) is 5.09. The first-order valence-electron chi connectivity index (χ1n) is 6.50. The molecule has 0 aromatic carbocycles. The summed E-state index contributed by atoms with van der Waals surface area (Å²) in [5.41, 5.74) is 6.58. The van der Waals surface area contributed by atoms with Crippen molar-refractivity contribution in [1.29, 1.82) is 0 Å². The largest absolute Gasteiger partial charge is 0.397 e. The van der Waals surface area contributed by atoms with Gasteiger partial charge in [-0.05, 0) is 37.9 Å². The maximum Gasteiger partial charge on any atom is 0.270 e. The Hall–Kier alpha value is -1.62. The summed E-state index contributed by atoms with van der Waals surface area (Å²) in [4.78, 5) is 18.6. The van der Waals surface area contributed by atoms with E-state index in [0.717, 1.165) is 13.0 Å². The standard InChI is InChI=1S/C13H18N4O/c14-9-3-4-11(15-8-9)13(18)16-10-5-7-17-6-1-2-12(10)17/h3-4,8,10,12H,1-2,5-7,14H2,(H,16,18). The van der Waals surface area contributed by atoms with Gasteiger partial charge in [0, 0.05) is 18.6 Å².